The van der Waals surface area contributed by atoms with E-state index >= 15 is 0 Å². The maximum absolute atomic E-state index is 13.1. The maximum Gasteiger partial charge on any atom is 0.141 e. The molecule has 0 amide bonds. The van der Waals surface area contributed by atoms with Gasteiger partial charge in [0.25, 0.3) is 0 Å². The van der Waals surface area contributed by atoms with Crippen molar-refractivity contribution in [2.75, 3.05) is 13.1 Å². The fraction of sp³-hybridized carbons (Fsp3) is 0.688. The number of piperazine rings is 1. The van der Waals surface area contributed by atoms with Crippen molar-refractivity contribution in [3.63, 3.8) is 0 Å². The zero-order chi connectivity index (χ0) is 14.5. The number of pyridine rings is 1. The van der Waals surface area contributed by atoms with E-state index in [1.165, 1.54) is 12.3 Å². The van der Waals surface area contributed by atoms with Gasteiger partial charge in [-0.15, -0.1) is 0 Å². The minimum atomic E-state index is -0.262. The maximum atomic E-state index is 13.1. The fourth-order valence-corrected chi connectivity index (χ4v) is 3.12. The highest BCUT2D eigenvalue weighted by molar-refractivity contribution is 5.11. The Balaban J connectivity index is 2.20. The molecule has 0 aliphatic carbocycles. The van der Waals surface area contributed by atoms with E-state index in [1.807, 2.05) is 6.07 Å². The third kappa shape index (κ3) is 3.36. The molecule has 4 heteroatoms. The molecule has 2 heterocycles. The summed E-state index contributed by atoms with van der Waals surface area (Å²) in [6.07, 6.45) is 4.60. The molecule has 0 radical (unpaired) electrons. The largest absolute Gasteiger partial charge is 0.311 e. The van der Waals surface area contributed by atoms with Crippen molar-refractivity contribution in [2.24, 2.45) is 0 Å². The number of hydrogen-bond acceptors (Lipinski definition) is 3. The number of halogens is 1. The van der Waals surface area contributed by atoms with Gasteiger partial charge in [0.2, 0.25) is 0 Å². The van der Waals surface area contributed by atoms with Gasteiger partial charge in [-0.3, -0.25) is 9.88 Å². The number of nitrogens with zero attached hydrogens (tertiary/aromatic N) is 2. The highest BCUT2D eigenvalue weighted by Crippen LogP contribution is 2.28. The quantitative estimate of drug-likeness (QED) is 0.897. The number of nitrogens with one attached hydrogen (secondary N) is 1. The van der Waals surface area contributed by atoms with Crippen LogP contribution in [0.25, 0.3) is 0 Å². The molecule has 0 saturated carbocycles. The zero-order valence-electron chi connectivity index (χ0n) is 12.8. The van der Waals surface area contributed by atoms with Gasteiger partial charge < -0.3 is 5.32 Å². The van der Waals surface area contributed by atoms with Crippen molar-refractivity contribution < 1.29 is 4.39 Å². The number of hydrogen-bond donors (Lipinski definition) is 1. The Hall–Kier alpha value is -1.00. The van der Waals surface area contributed by atoms with Crippen molar-refractivity contribution in [3.8, 4) is 0 Å². The second kappa shape index (κ2) is 7.14. The lowest BCUT2D eigenvalue weighted by molar-refractivity contribution is 0.0728. The Labute approximate surface area is 121 Å². The number of rotatable bonds is 5. The van der Waals surface area contributed by atoms with Crippen LogP contribution in [0.15, 0.2) is 18.3 Å². The van der Waals surface area contributed by atoms with E-state index < -0.39 is 0 Å². The first-order chi connectivity index (χ1) is 9.69. The predicted molar refractivity (Wildman–Crippen MR) is 80.1 cm³/mol. The lowest BCUT2D eigenvalue weighted by Gasteiger charge is -2.44. The van der Waals surface area contributed by atoms with Crippen molar-refractivity contribution in [1.29, 1.82) is 0 Å². The van der Waals surface area contributed by atoms with Gasteiger partial charge in [0, 0.05) is 25.2 Å². The second-order valence-corrected chi connectivity index (χ2v) is 5.60. The van der Waals surface area contributed by atoms with E-state index in [-0.39, 0.29) is 11.9 Å². The molecule has 2 rings (SSSR count). The molecule has 1 aliphatic heterocycles. The van der Waals surface area contributed by atoms with Crippen LogP contribution in [0.1, 0.15) is 51.8 Å². The first-order valence-corrected chi connectivity index (χ1v) is 7.80. The molecule has 0 spiro atoms. The summed E-state index contributed by atoms with van der Waals surface area (Å²) in [5.41, 5.74) is 0.990. The van der Waals surface area contributed by atoms with Gasteiger partial charge in [0.05, 0.1) is 17.9 Å². The Morgan fingerprint density at radius 3 is 2.70 bits per heavy atom. The highest BCUT2D eigenvalue weighted by atomic mass is 19.1. The summed E-state index contributed by atoms with van der Waals surface area (Å²) in [5.74, 6) is -0.262. The van der Waals surface area contributed by atoms with Crippen LogP contribution >= 0.6 is 0 Å². The molecule has 3 atom stereocenters. The zero-order valence-corrected chi connectivity index (χ0v) is 12.8. The van der Waals surface area contributed by atoms with E-state index in [0.717, 1.165) is 38.0 Å². The Morgan fingerprint density at radius 1 is 1.35 bits per heavy atom. The van der Waals surface area contributed by atoms with Gasteiger partial charge >= 0.3 is 0 Å². The van der Waals surface area contributed by atoms with Gasteiger partial charge in [0.15, 0.2) is 0 Å². The molecule has 3 nitrogen and oxygen atoms in total. The van der Waals surface area contributed by atoms with E-state index in [4.69, 9.17) is 0 Å². The molecule has 1 aliphatic rings. The molecular weight excluding hydrogens is 253 g/mol. The number of aromatic nitrogens is 1. The van der Waals surface area contributed by atoms with E-state index in [1.54, 1.807) is 0 Å². The lowest BCUT2D eigenvalue weighted by Crippen LogP contribution is -2.56. The molecule has 1 saturated heterocycles. The van der Waals surface area contributed by atoms with Crippen molar-refractivity contribution in [2.45, 2.75) is 58.2 Å². The van der Waals surface area contributed by atoms with Crippen LogP contribution in [0.3, 0.4) is 0 Å². The van der Waals surface area contributed by atoms with Crippen molar-refractivity contribution >= 4 is 0 Å². The minimum absolute atomic E-state index is 0.262. The van der Waals surface area contributed by atoms with Crippen LogP contribution in [-0.2, 0) is 0 Å². The van der Waals surface area contributed by atoms with Crippen LogP contribution in [0, 0.1) is 5.82 Å². The average molecular weight is 279 g/mol. The summed E-state index contributed by atoms with van der Waals surface area (Å²) in [5, 5.41) is 3.62. The molecule has 1 aromatic heterocycles. The van der Waals surface area contributed by atoms with Gasteiger partial charge in [-0.05, 0) is 31.4 Å². The van der Waals surface area contributed by atoms with Crippen LogP contribution in [0.5, 0.6) is 0 Å². The van der Waals surface area contributed by atoms with Gasteiger partial charge in [-0.2, -0.15) is 0 Å². The molecule has 1 fully saturated rings. The topological polar surface area (TPSA) is 28.2 Å². The molecule has 20 heavy (non-hydrogen) atoms. The molecule has 0 aromatic carbocycles. The summed E-state index contributed by atoms with van der Waals surface area (Å²) in [7, 11) is 0. The van der Waals surface area contributed by atoms with Gasteiger partial charge in [-0.1, -0.05) is 20.8 Å². The molecule has 1 N–H and O–H groups in total. The van der Waals surface area contributed by atoms with Gasteiger partial charge in [-0.25, -0.2) is 4.39 Å². The summed E-state index contributed by atoms with van der Waals surface area (Å²) in [4.78, 5) is 6.87. The Morgan fingerprint density at radius 2 is 2.15 bits per heavy atom. The Bertz CT molecular complexity index is 407. The first kappa shape index (κ1) is 15.4. The minimum Gasteiger partial charge on any atom is -0.311 e. The second-order valence-electron chi connectivity index (χ2n) is 5.60. The SMILES string of the molecule is CCC1CN(C(CC)c2ccc(F)cn2)C(CC)CN1. The summed E-state index contributed by atoms with van der Waals surface area (Å²) < 4.78 is 13.1. The Kier molecular flexibility index (Phi) is 5.49. The predicted octanol–water partition coefficient (Wildman–Crippen LogP) is 3.13. The van der Waals surface area contributed by atoms with E-state index in [9.17, 15) is 4.39 Å². The third-order valence-electron chi connectivity index (χ3n) is 4.39. The monoisotopic (exact) mass is 279 g/mol. The smallest absolute Gasteiger partial charge is 0.141 e. The van der Waals surface area contributed by atoms with Crippen LogP contribution in [0.4, 0.5) is 4.39 Å². The van der Waals surface area contributed by atoms with Crippen LogP contribution in [-0.4, -0.2) is 35.1 Å². The molecule has 3 unspecified atom stereocenters. The molecule has 112 valence electrons. The van der Waals surface area contributed by atoms with E-state index in [0.29, 0.717) is 12.1 Å². The summed E-state index contributed by atoms with van der Waals surface area (Å²) in [6, 6.07) is 4.73. The normalized spacial score (nSPS) is 25.6. The van der Waals surface area contributed by atoms with E-state index in [2.05, 4.69) is 36.0 Å². The molecule has 1 aromatic rings. The first-order valence-electron chi connectivity index (χ1n) is 7.80. The van der Waals surface area contributed by atoms with Crippen molar-refractivity contribution in [3.05, 3.63) is 29.8 Å². The standard InChI is InChI=1S/C16H26FN3/c1-4-13-11-20(14(5-2)10-18-13)16(6-3)15-8-7-12(17)9-19-15/h7-9,13-14,16,18H,4-6,10-11H2,1-3H3. The highest BCUT2D eigenvalue weighted by Gasteiger charge is 2.31. The van der Waals surface area contributed by atoms with Gasteiger partial charge in [0.1, 0.15) is 5.82 Å². The fourth-order valence-electron chi connectivity index (χ4n) is 3.12. The van der Waals surface area contributed by atoms with Crippen LogP contribution in [0.2, 0.25) is 0 Å². The molecular formula is C16H26FN3. The lowest BCUT2D eigenvalue weighted by atomic mass is 9.99. The third-order valence-corrected chi connectivity index (χ3v) is 4.39. The summed E-state index contributed by atoms with van der Waals surface area (Å²) in [6.45, 7) is 8.72. The average Bonchev–Trinajstić information content (AvgIpc) is 2.49. The molecule has 0 bridgehead atoms. The van der Waals surface area contributed by atoms with Crippen molar-refractivity contribution in [1.82, 2.24) is 15.2 Å². The van der Waals surface area contributed by atoms with Crippen LogP contribution < -0.4 is 5.32 Å². The summed E-state index contributed by atoms with van der Waals surface area (Å²) >= 11 is 0.